The van der Waals surface area contributed by atoms with Gasteiger partial charge in [0.05, 0.1) is 18.1 Å². The van der Waals surface area contributed by atoms with E-state index < -0.39 is 0 Å². The molecule has 1 aliphatic heterocycles. The van der Waals surface area contributed by atoms with Crippen molar-refractivity contribution in [2.75, 3.05) is 26.8 Å². The van der Waals surface area contributed by atoms with Gasteiger partial charge in [-0.1, -0.05) is 0 Å². The van der Waals surface area contributed by atoms with Crippen molar-refractivity contribution in [2.45, 2.75) is 39.7 Å². The maximum absolute atomic E-state index is 11.1. The first kappa shape index (κ1) is 16.9. The highest BCUT2D eigenvalue weighted by Gasteiger charge is 2.28. The minimum atomic E-state index is -0.179. The number of methoxy groups -OCH3 is 1. The van der Waals surface area contributed by atoms with E-state index in [1.165, 1.54) is 0 Å². The maximum Gasteiger partial charge on any atom is 0.310 e. The standard InChI is InChI=1S/C8H13NO3.C5H12O/c1-2-12-8(11)7-3-4-9(5-7)6-10;1-5(2,3)6-4/h6-7H,2-5H2,1H3;1-4H3. The van der Waals surface area contributed by atoms with E-state index >= 15 is 0 Å². The number of rotatable bonds is 3. The summed E-state index contributed by atoms with van der Waals surface area (Å²) in [5, 5.41) is 0. The lowest BCUT2D eigenvalue weighted by Gasteiger charge is -2.14. The van der Waals surface area contributed by atoms with Crippen molar-refractivity contribution >= 4 is 12.4 Å². The number of carbonyl (C=O) groups is 2. The van der Waals surface area contributed by atoms with Crippen LogP contribution in [0.4, 0.5) is 0 Å². The molecule has 0 aromatic rings. The van der Waals surface area contributed by atoms with E-state index in [1.54, 1.807) is 18.9 Å². The van der Waals surface area contributed by atoms with Crippen LogP contribution in [0.2, 0.25) is 0 Å². The molecular weight excluding hydrogens is 234 g/mol. The van der Waals surface area contributed by atoms with E-state index in [4.69, 9.17) is 9.47 Å². The van der Waals surface area contributed by atoms with Gasteiger partial charge in [-0.25, -0.2) is 0 Å². The molecule has 1 amide bonds. The predicted molar refractivity (Wildman–Crippen MR) is 69.1 cm³/mol. The summed E-state index contributed by atoms with van der Waals surface area (Å²) in [4.78, 5) is 23.0. The molecule has 1 rings (SSSR count). The van der Waals surface area contributed by atoms with Crippen LogP contribution in [0, 0.1) is 5.92 Å². The van der Waals surface area contributed by atoms with Gasteiger partial charge < -0.3 is 14.4 Å². The van der Waals surface area contributed by atoms with Crippen LogP contribution in [0.1, 0.15) is 34.1 Å². The van der Waals surface area contributed by atoms with Crippen LogP contribution in [-0.4, -0.2) is 49.7 Å². The smallest absolute Gasteiger partial charge is 0.310 e. The highest BCUT2D eigenvalue weighted by Crippen LogP contribution is 2.15. The molecule has 0 aliphatic carbocycles. The van der Waals surface area contributed by atoms with Crippen molar-refractivity contribution in [2.24, 2.45) is 5.92 Å². The third kappa shape index (κ3) is 7.27. The number of esters is 1. The predicted octanol–water partition coefficient (Wildman–Crippen LogP) is 1.46. The number of hydrogen-bond acceptors (Lipinski definition) is 4. The van der Waals surface area contributed by atoms with Crippen LogP contribution in [0.5, 0.6) is 0 Å². The number of likely N-dealkylation sites (tertiary alicyclic amines) is 1. The first-order valence-corrected chi connectivity index (χ1v) is 6.25. The fourth-order valence-corrected chi connectivity index (χ4v) is 1.34. The average molecular weight is 259 g/mol. The molecular formula is C13H25NO4. The minimum Gasteiger partial charge on any atom is -0.466 e. The second-order valence-electron chi connectivity index (χ2n) is 5.15. The van der Waals surface area contributed by atoms with E-state index in [0.29, 0.717) is 19.7 Å². The van der Waals surface area contributed by atoms with Gasteiger partial charge in [0.15, 0.2) is 0 Å². The van der Waals surface area contributed by atoms with Crippen molar-refractivity contribution in [1.29, 1.82) is 0 Å². The van der Waals surface area contributed by atoms with E-state index in [0.717, 1.165) is 12.8 Å². The minimum absolute atomic E-state index is 0.0417. The molecule has 1 unspecified atom stereocenters. The van der Waals surface area contributed by atoms with Crippen LogP contribution in [0.15, 0.2) is 0 Å². The third-order valence-electron chi connectivity index (χ3n) is 2.60. The van der Waals surface area contributed by atoms with Crippen LogP contribution in [0.25, 0.3) is 0 Å². The van der Waals surface area contributed by atoms with Gasteiger partial charge in [-0.15, -0.1) is 0 Å². The Morgan fingerprint density at radius 3 is 2.33 bits per heavy atom. The van der Waals surface area contributed by atoms with E-state index in [2.05, 4.69) is 0 Å². The van der Waals surface area contributed by atoms with E-state index in [9.17, 15) is 9.59 Å². The molecule has 0 bridgehead atoms. The Morgan fingerprint density at radius 1 is 1.44 bits per heavy atom. The Balaban J connectivity index is 0.000000411. The molecule has 0 aromatic carbocycles. The van der Waals surface area contributed by atoms with Crippen LogP contribution in [0.3, 0.4) is 0 Å². The zero-order valence-corrected chi connectivity index (χ0v) is 12.1. The quantitative estimate of drug-likeness (QED) is 0.569. The Hall–Kier alpha value is -1.10. The summed E-state index contributed by atoms with van der Waals surface area (Å²) in [7, 11) is 1.71. The van der Waals surface area contributed by atoms with Gasteiger partial charge in [0.25, 0.3) is 0 Å². The normalized spacial score (nSPS) is 18.9. The van der Waals surface area contributed by atoms with Gasteiger partial charge in [-0.05, 0) is 34.1 Å². The summed E-state index contributed by atoms with van der Waals surface area (Å²) in [6.07, 6.45) is 1.51. The number of carbonyl (C=O) groups excluding carboxylic acids is 2. The van der Waals surface area contributed by atoms with Crippen LogP contribution >= 0.6 is 0 Å². The molecule has 5 nitrogen and oxygen atoms in total. The fourth-order valence-electron chi connectivity index (χ4n) is 1.34. The van der Waals surface area contributed by atoms with Crippen molar-refractivity contribution in [3.05, 3.63) is 0 Å². The third-order valence-corrected chi connectivity index (χ3v) is 2.60. The Bertz CT molecular complexity index is 260. The molecule has 1 heterocycles. The number of hydrogen-bond donors (Lipinski definition) is 0. The van der Waals surface area contributed by atoms with E-state index in [1.807, 2.05) is 20.8 Å². The van der Waals surface area contributed by atoms with Gasteiger partial charge in [0, 0.05) is 20.2 Å². The molecule has 5 heteroatoms. The maximum atomic E-state index is 11.1. The molecule has 106 valence electrons. The number of nitrogens with zero attached hydrogens (tertiary/aromatic N) is 1. The lowest BCUT2D eigenvalue weighted by atomic mass is 10.1. The molecule has 18 heavy (non-hydrogen) atoms. The Labute approximate surface area is 109 Å². The van der Waals surface area contributed by atoms with E-state index in [-0.39, 0.29) is 17.5 Å². The van der Waals surface area contributed by atoms with Crippen molar-refractivity contribution in [1.82, 2.24) is 4.90 Å². The van der Waals surface area contributed by atoms with Gasteiger partial charge in [-0.2, -0.15) is 0 Å². The summed E-state index contributed by atoms with van der Waals surface area (Å²) in [5.74, 6) is -0.281. The lowest BCUT2D eigenvalue weighted by Crippen LogP contribution is -2.23. The Morgan fingerprint density at radius 2 is 2.00 bits per heavy atom. The molecule has 0 radical (unpaired) electrons. The number of ether oxygens (including phenoxy) is 2. The summed E-state index contributed by atoms with van der Waals surface area (Å²) in [6, 6.07) is 0. The molecule has 1 fully saturated rings. The summed E-state index contributed by atoms with van der Waals surface area (Å²) < 4.78 is 9.77. The fraction of sp³-hybridized carbons (Fsp3) is 0.846. The summed E-state index contributed by atoms with van der Waals surface area (Å²) in [5.41, 5.74) is 0.0417. The van der Waals surface area contributed by atoms with Gasteiger partial charge in [-0.3, -0.25) is 9.59 Å². The largest absolute Gasteiger partial charge is 0.466 e. The number of amides is 1. The zero-order chi connectivity index (χ0) is 14.2. The molecule has 1 atom stereocenters. The highest BCUT2D eigenvalue weighted by atomic mass is 16.5. The van der Waals surface area contributed by atoms with Gasteiger partial charge in [0.2, 0.25) is 6.41 Å². The molecule has 0 aromatic heterocycles. The highest BCUT2D eigenvalue weighted by molar-refractivity contribution is 5.73. The molecule has 1 saturated heterocycles. The van der Waals surface area contributed by atoms with Crippen molar-refractivity contribution in [3.8, 4) is 0 Å². The molecule has 0 spiro atoms. The van der Waals surface area contributed by atoms with Crippen LogP contribution in [-0.2, 0) is 19.1 Å². The monoisotopic (exact) mass is 259 g/mol. The van der Waals surface area contributed by atoms with Crippen molar-refractivity contribution in [3.63, 3.8) is 0 Å². The molecule has 1 aliphatic rings. The second-order valence-corrected chi connectivity index (χ2v) is 5.15. The zero-order valence-electron chi connectivity index (χ0n) is 12.1. The van der Waals surface area contributed by atoms with Gasteiger partial charge in [0.1, 0.15) is 0 Å². The Kier molecular flexibility index (Phi) is 7.59. The summed E-state index contributed by atoms with van der Waals surface area (Å²) in [6.45, 7) is 9.45. The summed E-state index contributed by atoms with van der Waals surface area (Å²) >= 11 is 0. The second kappa shape index (κ2) is 8.08. The molecule has 0 N–H and O–H groups in total. The van der Waals surface area contributed by atoms with Crippen LogP contribution < -0.4 is 0 Å². The topological polar surface area (TPSA) is 55.8 Å². The first-order chi connectivity index (χ1) is 8.34. The van der Waals surface area contributed by atoms with Gasteiger partial charge >= 0.3 is 5.97 Å². The molecule has 0 saturated carbocycles. The average Bonchev–Trinajstić information content (AvgIpc) is 2.78. The van der Waals surface area contributed by atoms with Crippen molar-refractivity contribution < 1.29 is 19.1 Å². The first-order valence-electron chi connectivity index (χ1n) is 6.25. The SMILES string of the molecule is CCOC(=O)C1CCN(C=O)C1.COC(C)(C)C. The lowest BCUT2D eigenvalue weighted by molar-refractivity contribution is -0.147.